The van der Waals surface area contributed by atoms with Crippen LogP contribution in [-0.4, -0.2) is 16.5 Å². The van der Waals surface area contributed by atoms with Gasteiger partial charge in [0.1, 0.15) is 6.26 Å². The van der Waals surface area contributed by atoms with Crippen molar-refractivity contribution < 1.29 is 4.42 Å². The minimum Gasteiger partial charge on any atom is -0.432 e. The van der Waals surface area contributed by atoms with E-state index in [1.54, 1.807) is 12.5 Å². The Hall–Kier alpha value is -1.55. The second-order valence-electron chi connectivity index (χ2n) is 3.59. The van der Waals surface area contributed by atoms with Crippen LogP contribution in [0.3, 0.4) is 0 Å². The lowest BCUT2D eigenvalue weighted by Gasteiger charge is -2.17. The molecule has 2 rings (SSSR count). The van der Waals surface area contributed by atoms with E-state index in [1.165, 1.54) is 0 Å². The van der Waals surface area contributed by atoms with E-state index in [2.05, 4.69) is 9.97 Å². The van der Waals surface area contributed by atoms with Gasteiger partial charge >= 0.3 is 0 Å². The highest BCUT2D eigenvalue weighted by Crippen LogP contribution is 2.16. The van der Waals surface area contributed by atoms with E-state index in [9.17, 15) is 0 Å². The van der Waals surface area contributed by atoms with Crippen LogP contribution in [0, 0.1) is 0 Å². The first kappa shape index (κ1) is 11.9. The monoisotopic (exact) mass is 251 g/mol. The van der Waals surface area contributed by atoms with Crippen molar-refractivity contribution in [3.8, 4) is 0 Å². The summed E-state index contributed by atoms with van der Waals surface area (Å²) in [6.45, 7) is 3.53. The second-order valence-corrected chi connectivity index (χ2v) is 3.86. The van der Waals surface area contributed by atoms with Crippen LogP contribution in [0.2, 0.25) is 0 Å². The molecule has 0 spiro atoms. The molecule has 2 heterocycles. The highest BCUT2D eigenvalue weighted by molar-refractivity contribution is 6.16. The van der Waals surface area contributed by atoms with Crippen LogP contribution in [-0.2, 0) is 12.4 Å². The van der Waals surface area contributed by atoms with Crippen LogP contribution in [0.1, 0.15) is 18.3 Å². The van der Waals surface area contributed by atoms with Gasteiger partial charge in [-0.15, -0.1) is 11.6 Å². The van der Waals surface area contributed by atoms with Gasteiger partial charge in [-0.1, -0.05) is 6.07 Å². The number of oxazole rings is 1. The third-order valence-electron chi connectivity index (χ3n) is 2.41. The zero-order valence-corrected chi connectivity index (χ0v) is 10.4. The van der Waals surface area contributed by atoms with E-state index in [4.69, 9.17) is 16.0 Å². The van der Waals surface area contributed by atoms with E-state index in [0.717, 1.165) is 17.9 Å². The quantitative estimate of drug-likeness (QED) is 0.767. The van der Waals surface area contributed by atoms with Crippen molar-refractivity contribution in [3.63, 3.8) is 0 Å². The molecule has 5 heteroatoms. The number of nitrogens with zero attached hydrogens (tertiary/aromatic N) is 3. The lowest BCUT2D eigenvalue weighted by Crippen LogP contribution is -2.22. The van der Waals surface area contributed by atoms with Gasteiger partial charge in [-0.3, -0.25) is 4.98 Å². The van der Waals surface area contributed by atoms with Crippen molar-refractivity contribution in [1.82, 2.24) is 9.97 Å². The Bertz CT molecular complexity index is 458. The summed E-state index contributed by atoms with van der Waals surface area (Å²) in [5.74, 6) is 0.366. The summed E-state index contributed by atoms with van der Waals surface area (Å²) >= 11 is 5.69. The molecule has 0 aromatic carbocycles. The molecule has 17 heavy (non-hydrogen) atoms. The van der Waals surface area contributed by atoms with Gasteiger partial charge in [0, 0.05) is 12.7 Å². The van der Waals surface area contributed by atoms with Gasteiger partial charge in [-0.25, -0.2) is 0 Å². The first-order valence-corrected chi connectivity index (χ1v) is 6.02. The number of pyridine rings is 1. The SMILES string of the molecule is CCN(Cc1ccccn1)c1nc(CCl)co1. The summed E-state index contributed by atoms with van der Waals surface area (Å²) in [4.78, 5) is 10.6. The normalized spacial score (nSPS) is 10.5. The molecule has 0 aliphatic heterocycles. The summed E-state index contributed by atoms with van der Waals surface area (Å²) in [7, 11) is 0. The molecule has 0 unspecified atom stereocenters. The van der Waals surface area contributed by atoms with E-state index in [-0.39, 0.29) is 0 Å². The summed E-state index contributed by atoms with van der Waals surface area (Å²) < 4.78 is 5.38. The zero-order chi connectivity index (χ0) is 12.1. The van der Waals surface area contributed by atoms with Crippen LogP contribution in [0.15, 0.2) is 35.1 Å². The van der Waals surface area contributed by atoms with Gasteiger partial charge in [0.05, 0.1) is 23.8 Å². The van der Waals surface area contributed by atoms with Gasteiger partial charge in [-0.05, 0) is 19.1 Å². The van der Waals surface area contributed by atoms with Crippen molar-refractivity contribution in [2.75, 3.05) is 11.4 Å². The van der Waals surface area contributed by atoms with Gasteiger partial charge in [0.25, 0.3) is 6.01 Å². The topological polar surface area (TPSA) is 42.2 Å². The molecule has 0 saturated carbocycles. The summed E-state index contributed by atoms with van der Waals surface area (Å²) in [6.07, 6.45) is 3.37. The van der Waals surface area contributed by atoms with E-state index in [1.807, 2.05) is 30.0 Å². The Morgan fingerprint density at radius 3 is 2.82 bits per heavy atom. The van der Waals surface area contributed by atoms with Crippen molar-refractivity contribution >= 4 is 17.6 Å². The number of hydrogen-bond acceptors (Lipinski definition) is 4. The van der Waals surface area contributed by atoms with Gasteiger partial charge in [0.15, 0.2) is 0 Å². The predicted molar refractivity (Wildman–Crippen MR) is 67.0 cm³/mol. The standard InChI is InChI=1S/C12H14ClN3O/c1-2-16(8-10-5-3-4-6-14-10)12-15-11(7-13)9-17-12/h3-6,9H,2,7-8H2,1H3. The average Bonchev–Trinajstić information content (AvgIpc) is 2.86. The molecule has 0 aliphatic rings. The number of anilines is 1. The Labute approximate surface area is 105 Å². The van der Waals surface area contributed by atoms with E-state index in [0.29, 0.717) is 18.4 Å². The average molecular weight is 252 g/mol. The molecular formula is C12H14ClN3O. The van der Waals surface area contributed by atoms with Crippen molar-refractivity contribution in [2.45, 2.75) is 19.3 Å². The summed E-state index contributed by atoms with van der Waals surface area (Å²) in [6, 6.07) is 6.44. The van der Waals surface area contributed by atoms with Crippen molar-refractivity contribution in [2.24, 2.45) is 0 Å². The first-order valence-electron chi connectivity index (χ1n) is 5.48. The Kier molecular flexibility index (Phi) is 3.98. The molecule has 0 amide bonds. The van der Waals surface area contributed by atoms with Gasteiger partial charge in [0.2, 0.25) is 0 Å². The van der Waals surface area contributed by atoms with Crippen molar-refractivity contribution in [1.29, 1.82) is 0 Å². The van der Waals surface area contributed by atoms with Gasteiger partial charge in [-0.2, -0.15) is 4.98 Å². The third kappa shape index (κ3) is 2.97. The molecule has 0 N–H and O–H groups in total. The molecular weight excluding hydrogens is 238 g/mol. The highest BCUT2D eigenvalue weighted by Gasteiger charge is 2.12. The molecule has 90 valence electrons. The largest absolute Gasteiger partial charge is 0.432 e. The van der Waals surface area contributed by atoms with Gasteiger partial charge < -0.3 is 9.32 Å². The molecule has 2 aromatic rings. The third-order valence-corrected chi connectivity index (χ3v) is 2.68. The zero-order valence-electron chi connectivity index (χ0n) is 9.64. The molecule has 0 aliphatic carbocycles. The molecule has 0 atom stereocenters. The fourth-order valence-corrected chi connectivity index (χ4v) is 1.63. The van der Waals surface area contributed by atoms with E-state index < -0.39 is 0 Å². The Morgan fingerprint density at radius 1 is 1.35 bits per heavy atom. The highest BCUT2D eigenvalue weighted by atomic mass is 35.5. The maximum atomic E-state index is 5.69. The number of halogens is 1. The lowest BCUT2D eigenvalue weighted by atomic mass is 10.3. The van der Waals surface area contributed by atoms with Crippen LogP contribution < -0.4 is 4.90 Å². The number of hydrogen-bond donors (Lipinski definition) is 0. The number of alkyl halides is 1. The van der Waals surface area contributed by atoms with Crippen molar-refractivity contribution in [3.05, 3.63) is 42.0 Å². The molecule has 0 bridgehead atoms. The van der Waals surface area contributed by atoms with Crippen LogP contribution in [0.4, 0.5) is 6.01 Å². The smallest absolute Gasteiger partial charge is 0.297 e. The Balaban J connectivity index is 2.11. The predicted octanol–water partition coefficient (Wildman–Crippen LogP) is 2.83. The number of aromatic nitrogens is 2. The molecule has 0 saturated heterocycles. The second kappa shape index (κ2) is 5.68. The lowest BCUT2D eigenvalue weighted by molar-refractivity contribution is 0.533. The summed E-state index contributed by atoms with van der Waals surface area (Å²) in [5, 5.41) is 0. The molecule has 4 nitrogen and oxygen atoms in total. The van der Waals surface area contributed by atoms with Crippen LogP contribution in [0.5, 0.6) is 0 Å². The summed E-state index contributed by atoms with van der Waals surface area (Å²) in [5.41, 5.74) is 1.74. The van der Waals surface area contributed by atoms with Crippen LogP contribution in [0.25, 0.3) is 0 Å². The van der Waals surface area contributed by atoms with E-state index >= 15 is 0 Å². The Morgan fingerprint density at radius 2 is 2.24 bits per heavy atom. The maximum Gasteiger partial charge on any atom is 0.297 e. The maximum absolute atomic E-state index is 5.69. The molecule has 2 aromatic heterocycles. The fourth-order valence-electron chi connectivity index (χ4n) is 1.50. The molecule has 0 radical (unpaired) electrons. The fraction of sp³-hybridized carbons (Fsp3) is 0.333. The molecule has 0 fully saturated rings. The minimum atomic E-state index is 0.366. The number of rotatable bonds is 5. The minimum absolute atomic E-state index is 0.366. The van der Waals surface area contributed by atoms with Crippen LogP contribution >= 0.6 is 11.6 Å². The first-order chi connectivity index (χ1) is 8.33.